The second-order valence-electron chi connectivity index (χ2n) is 5.11. The Hall–Kier alpha value is -2.29. The summed E-state index contributed by atoms with van der Waals surface area (Å²) in [5, 5.41) is 7.44. The third-order valence-electron chi connectivity index (χ3n) is 3.37. The lowest BCUT2D eigenvalue weighted by atomic mass is 10.0. The van der Waals surface area contributed by atoms with Gasteiger partial charge in [0.1, 0.15) is 18.2 Å². The van der Waals surface area contributed by atoms with Gasteiger partial charge in [0.15, 0.2) is 0 Å². The van der Waals surface area contributed by atoms with Crippen LogP contribution in [-0.4, -0.2) is 5.84 Å². The highest BCUT2D eigenvalue weighted by Crippen LogP contribution is 2.20. The molecule has 0 aromatic heterocycles. The number of nitrogen functional groups attached to an aromatic ring is 1. The summed E-state index contributed by atoms with van der Waals surface area (Å²) in [6, 6.07) is 11.7. The first kappa shape index (κ1) is 14.1. The highest BCUT2D eigenvalue weighted by molar-refractivity contribution is 5.95. The van der Waals surface area contributed by atoms with E-state index < -0.39 is 0 Å². The fourth-order valence-corrected chi connectivity index (χ4v) is 2.35. The van der Waals surface area contributed by atoms with E-state index >= 15 is 0 Å². The Morgan fingerprint density at radius 2 is 1.75 bits per heavy atom. The molecule has 20 heavy (non-hydrogen) atoms. The molecule has 0 aliphatic heterocycles. The molecule has 0 spiro atoms. The van der Waals surface area contributed by atoms with E-state index in [0.29, 0.717) is 12.2 Å². The molecule has 3 heteroatoms. The van der Waals surface area contributed by atoms with Crippen molar-refractivity contribution >= 4 is 5.84 Å². The van der Waals surface area contributed by atoms with Crippen molar-refractivity contribution < 1.29 is 4.74 Å². The Morgan fingerprint density at radius 1 is 1.10 bits per heavy atom. The van der Waals surface area contributed by atoms with Gasteiger partial charge in [0.25, 0.3) is 0 Å². The van der Waals surface area contributed by atoms with Gasteiger partial charge in [0, 0.05) is 5.56 Å². The second kappa shape index (κ2) is 5.78. The number of aryl methyl sites for hydroxylation is 3. The third kappa shape index (κ3) is 3.18. The van der Waals surface area contributed by atoms with Gasteiger partial charge >= 0.3 is 0 Å². The van der Waals surface area contributed by atoms with Crippen LogP contribution in [0.4, 0.5) is 0 Å². The van der Waals surface area contributed by atoms with Crippen LogP contribution in [0.25, 0.3) is 0 Å². The van der Waals surface area contributed by atoms with Crippen molar-refractivity contribution in [2.75, 3.05) is 0 Å². The standard InChI is InChI=1S/C17H20N2O/c1-11-7-12(2)16(13(3)8-11)10-20-15-6-4-5-14(9-15)17(18)19/h4-9H,10H2,1-3H3,(H3,18,19). The van der Waals surface area contributed by atoms with Gasteiger partial charge in [-0.2, -0.15) is 0 Å². The highest BCUT2D eigenvalue weighted by Gasteiger charge is 2.05. The van der Waals surface area contributed by atoms with E-state index in [1.54, 1.807) is 12.1 Å². The number of hydrogen-bond acceptors (Lipinski definition) is 2. The average Bonchev–Trinajstić information content (AvgIpc) is 2.37. The first-order valence-corrected chi connectivity index (χ1v) is 6.61. The molecule has 0 saturated heterocycles. The molecule has 0 aliphatic carbocycles. The molecule has 0 heterocycles. The molecule has 2 aromatic rings. The zero-order valence-corrected chi connectivity index (χ0v) is 12.2. The van der Waals surface area contributed by atoms with Crippen LogP contribution >= 0.6 is 0 Å². The van der Waals surface area contributed by atoms with E-state index in [-0.39, 0.29) is 5.84 Å². The number of benzene rings is 2. The van der Waals surface area contributed by atoms with Crippen LogP contribution in [0, 0.1) is 26.2 Å². The zero-order chi connectivity index (χ0) is 14.7. The largest absolute Gasteiger partial charge is 0.489 e. The molecule has 3 N–H and O–H groups in total. The van der Waals surface area contributed by atoms with Crippen LogP contribution in [0.15, 0.2) is 36.4 Å². The van der Waals surface area contributed by atoms with Gasteiger partial charge in [-0.05, 0) is 49.6 Å². The fraction of sp³-hybridized carbons (Fsp3) is 0.235. The molecule has 3 nitrogen and oxygen atoms in total. The molecule has 0 amide bonds. The third-order valence-corrected chi connectivity index (χ3v) is 3.37. The molecule has 0 aliphatic rings. The van der Waals surface area contributed by atoms with Gasteiger partial charge < -0.3 is 10.5 Å². The molecule has 2 rings (SSSR count). The summed E-state index contributed by atoms with van der Waals surface area (Å²) in [6.07, 6.45) is 0. The quantitative estimate of drug-likeness (QED) is 0.659. The van der Waals surface area contributed by atoms with Gasteiger partial charge in [-0.3, -0.25) is 5.41 Å². The smallest absolute Gasteiger partial charge is 0.122 e. The summed E-state index contributed by atoms with van der Waals surface area (Å²) in [7, 11) is 0. The lowest BCUT2D eigenvalue weighted by Gasteiger charge is -2.13. The van der Waals surface area contributed by atoms with Crippen LogP contribution in [0.2, 0.25) is 0 Å². The summed E-state index contributed by atoms with van der Waals surface area (Å²) >= 11 is 0. The first-order chi connectivity index (χ1) is 9.47. The van der Waals surface area contributed by atoms with E-state index in [1.165, 1.54) is 22.3 Å². The van der Waals surface area contributed by atoms with E-state index in [0.717, 1.165) is 5.75 Å². The maximum atomic E-state index is 7.44. The molecule has 0 saturated carbocycles. The summed E-state index contributed by atoms with van der Waals surface area (Å²) in [4.78, 5) is 0. The molecule has 0 bridgehead atoms. The van der Waals surface area contributed by atoms with E-state index in [2.05, 4.69) is 32.9 Å². The number of amidine groups is 1. The number of nitrogens with two attached hydrogens (primary N) is 1. The molecule has 0 atom stereocenters. The van der Waals surface area contributed by atoms with Crippen LogP contribution < -0.4 is 10.5 Å². The Morgan fingerprint density at radius 3 is 2.35 bits per heavy atom. The van der Waals surface area contributed by atoms with Crippen LogP contribution in [0.3, 0.4) is 0 Å². The summed E-state index contributed by atoms with van der Waals surface area (Å²) < 4.78 is 5.83. The van der Waals surface area contributed by atoms with Crippen molar-refractivity contribution in [3.8, 4) is 5.75 Å². The first-order valence-electron chi connectivity index (χ1n) is 6.61. The van der Waals surface area contributed by atoms with Crippen molar-refractivity contribution in [2.24, 2.45) is 5.73 Å². The molecule has 0 unspecified atom stereocenters. The fourth-order valence-electron chi connectivity index (χ4n) is 2.35. The highest BCUT2D eigenvalue weighted by atomic mass is 16.5. The SMILES string of the molecule is Cc1cc(C)c(COc2cccc(C(=N)N)c2)c(C)c1. The molecule has 2 aromatic carbocycles. The molecular weight excluding hydrogens is 248 g/mol. The summed E-state index contributed by atoms with van der Waals surface area (Å²) in [5.41, 5.74) is 11.1. The van der Waals surface area contributed by atoms with Crippen molar-refractivity contribution in [2.45, 2.75) is 27.4 Å². The van der Waals surface area contributed by atoms with Crippen molar-refractivity contribution in [1.29, 1.82) is 5.41 Å². The Kier molecular flexibility index (Phi) is 4.08. The van der Waals surface area contributed by atoms with Crippen LogP contribution in [0.5, 0.6) is 5.75 Å². The number of rotatable bonds is 4. The van der Waals surface area contributed by atoms with Crippen molar-refractivity contribution in [3.63, 3.8) is 0 Å². The predicted molar refractivity (Wildman–Crippen MR) is 82.4 cm³/mol. The van der Waals surface area contributed by atoms with Gasteiger partial charge in [-0.25, -0.2) is 0 Å². The summed E-state index contributed by atoms with van der Waals surface area (Å²) in [6.45, 7) is 6.83. The minimum absolute atomic E-state index is 0.0538. The maximum absolute atomic E-state index is 7.44. The Labute approximate surface area is 119 Å². The minimum atomic E-state index is 0.0538. The van der Waals surface area contributed by atoms with Crippen LogP contribution in [-0.2, 0) is 6.61 Å². The van der Waals surface area contributed by atoms with Gasteiger partial charge in [-0.15, -0.1) is 0 Å². The topological polar surface area (TPSA) is 59.1 Å². The number of ether oxygens (including phenoxy) is 1. The normalized spacial score (nSPS) is 10.3. The molecular formula is C17H20N2O. The van der Waals surface area contributed by atoms with Gasteiger partial charge in [0.05, 0.1) is 0 Å². The lowest BCUT2D eigenvalue weighted by Crippen LogP contribution is -2.11. The maximum Gasteiger partial charge on any atom is 0.122 e. The summed E-state index contributed by atoms with van der Waals surface area (Å²) in [5.74, 6) is 0.787. The Balaban J connectivity index is 2.17. The average molecular weight is 268 g/mol. The van der Waals surface area contributed by atoms with Crippen molar-refractivity contribution in [1.82, 2.24) is 0 Å². The van der Waals surface area contributed by atoms with E-state index in [1.807, 2.05) is 12.1 Å². The number of nitrogens with one attached hydrogen (secondary N) is 1. The molecule has 0 radical (unpaired) electrons. The number of hydrogen-bond donors (Lipinski definition) is 2. The second-order valence-corrected chi connectivity index (χ2v) is 5.11. The lowest BCUT2D eigenvalue weighted by molar-refractivity contribution is 0.304. The minimum Gasteiger partial charge on any atom is -0.489 e. The molecule has 104 valence electrons. The van der Waals surface area contributed by atoms with E-state index in [4.69, 9.17) is 15.9 Å². The van der Waals surface area contributed by atoms with Crippen molar-refractivity contribution in [3.05, 3.63) is 64.2 Å². The van der Waals surface area contributed by atoms with Gasteiger partial charge in [-0.1, -0.05) is 29.8 Å². The monoisotopic (exact) mass is 268 g/mol. The predicted octanol–water partition coefficient (Wildman–Crippen LogP) is 3.47. The Bertz CT molecular complexity index is 624. The van der Waals surface area contributed by atoms with Gasteiger partial charge in [0.2, 0.25) is 0 Å². The van der Waals surface area contributed by atoms with E-state index in [9.17, 15) is 0 Å². The molecule has 0 fully saturated rings. The van der Waals surface area contributed by atoms with Crippen LogP contribution in [0.1, 0.15) is 27.8 Å². The zero-order valence-electron chi connectivity index (χ0n) is 12.2.